The Hall–Kier alpha value is -3.33. The van der Waals surface area contributed by atoms with E-state index in [0.29, 0.717) is 31.8 Å². The van der Waals surface area contributed by atoms with E-state index in [2.05, 4.69) is 32.2 Å². The van der Waals surface area contributed by atoms with E-state index >= 15 is 0 Å². The van der Waals surface area contributed by atoms with Crippen LogP contribution in [0.5, 0.6) is 0 Å². The predicted molar refractivity (Wildman–Crippen MR) is 132 cm³/mol. The van der Waals surface area contributed by atoms with E-state index in [1.807, 2.05) is 24.0 Å². The molecule has 0 aliphatic carbocycles. The van der Waals surface area contributed by atoms with Gasteiger partial charge in [-0.3, -0.25) is 0 Å². The van der Waals surface area contributed by atoms with Crippen LogP contribution in [0, 0.1) is 6.92 Å². The van der Waals surface area contributed by atoms with Crippen molar-refractivity contribution in [3.05, 3.63) is 47.7 Å². The molecule has 1 aromatic heterocycles. The quantitative estimate of drug-likeness (QED) is 0.676. The molecule has 2 aromatic rings. The van der Waals surface area contributed by atoms with Crippen molar-refractivity contribution in [2.75, 3.05) is 74.2 Å². The number of esters is 1. The molecule has 0 radical (unpaired) electrons. The SMILES string of the molecule is CCOC(=O)c1ccc(N2CCCN(C(=O)Nc3ccc(N4CCOCC4)cc3C)CC2)nc1. The third kappa shape index (κ3) is 5.77. The highest BCUT2D eigenvalue weighted by atomic mass is 16.5. The molecule has 0 bridgehead atoms. The molecule has 4 rings (SSSR count). The lowest BCUT2D eigenvalue weighted by atomic mass is 10.1. The van der Waals surface area contributed by atoms with Crippen molar-refractivity contribution in [3.8, 4) is 0 Å². The van der Waals surface area contributed by atoms with Gasteiger partial charge in [0.2, 0.25) is 0 Å². The van der Waals surface area contributed by atoms with Crippen molar-refractivity contribution in [1.29, 1.82) is 0 Å². The first-order chi connectivity index (χ1) is 16.5. The summed E-state index contributed by atoms with van der Waals surface area (Å²) in [6.45, 7) is 10.1. The minimum atomic E-state index is -0.367. The van der Waals surface area contributed by atoms with Gasteiger partial charge >= 0.3 is 12.0 Å². The summed E-state index contributed by atoms with van der Waals surface area (Å²) in [5, 5.41) is 3.08. The summed E-state index contributed by atoms with van der Waals surface area (Å²) in [5.74, 6) is 0.429. The highest BCUT2D eigenvalue weighted by molar-refractivity contribution is 5.90. The Balaban J connectivity index is 1.33. The highest BCUT2D eigenvalue weighted by Crippen LogP contribution is 2.24. The van der Waals surface area contributed by atoms with Crippen LogP contribution in [0.15, 0.2) is 36.5 Å². The van der Waals surface area contributed by atoms with Crippen molar-refractivity contribution in [3.63, 3.8) is 0 Å². The maximum Gasteiger partial charge on any atom is 0.339 e. The number of nitrogens with zero attached hydrogens (tertiary/aromatic N) is 4. The molecular weight excluding hydrogens is 434 g/mol. The number of pyridine rings is 1. The maximum absolute atomic E-state index is 13.0. The van der Waals surface area contributed by atoms with E-state index < -0.39 is 0 Å². The van der Waals surface area contributed by atoms with Crippen LogP contribution in [0.25, 0.3) is 0 Å². The minimum Gasteiger partial charge on any atom is -0.462 e. The Labute approximate surface area is 200 Å². The number of hydrogen-bond acceptors (Lipinski definition) is 7. The van der Waals surface area contributed by atoms with Crippen molar-refractivity contribution in [2.45, 2.75) is 20.3 Å². The molecule has 9 nitrogen and oxygen atoms in total. The fraction of sp³-hybridized carbons (Fsp3) is 0.480. The van der Waals surface area contributed by atoms with Gasteiger partial charge in [-0.2, -0.15) is 0 Å². The molecule has 2 aliphatic heterocycles. The number of nitrogens with one attached hydrogen (secondary N) is 1. The molecule has 182 valence electrons. The van der Waals surface area contributed by atoms with Gasteiger partial charge in [0.25, 0.3) is 0 Å². The van der Waals surface area contributed by atoms with Crippen LogP contribution in [0.1, 0.15) is 29.3 Å². The molecule has 3 heterocycles. The average molecular weight is 468 g/mol. The van der Waals surface area contributed by atoms with Gasteiger partial charge in [-0.1, -0.05) is 0 Å². The van der Waals surface area contributed by atoms with Gasteiger partial charge < -0.3 is 29.5 Å². The zero-order chi connectivity index (χ0) is 23.9. The monoisotopic (exact) mass is 467 g/mol. The number of benzene rings is 1. The number of carbonyl (C=O) groups excluding carboxylic acids is 2. The van der Waals surface area contributed by atoms with Crippen LogP contribution in [0.4, 0.5) is 22.0 Å². The molecule has 9 heteroatoms. The molecule has 1 aromatic carbocycles. The van der Waals surface area contributed by atoms with Crippen molar-refractivity contribution < 1.29 is 19.1 Å². The summed E-state index contributed by atoms with van der Waals surface area (Å²) in [7, 11) is 0. The lowest BCUT2D eigenvalue weighted by molar-refractivity contribution is 0.0526. The third-order valence-electron chi connectivity index (χ3n) is 6.19. The van der Waals surface area contributed by atoms with Crippen molar-refractivity contribution in [1.82, 2.24) is 9.88 Å². The molecule has 2 amide bonds. The topological polar surface area (TPSA) is 87.2 Å². The Morgan fingerprint density at radius 2 is 1.85 bits per heavy atom. The van der Waals surface area contributed by atoms with Crippen LogP contribution in [-0.4, -0.2) is 81.0 Å². The number of aryl methyl sites for hydroxylation is 1. The van der Waals surface area contributed by atoms with Gasteiger partial charge in [-0.15, -0.1) is 0 Å². The number of anilines is 3. The Kier molecular flexibility index (Phi) is 7.84. The summed E-state index contributed by atoms with van der Waals surface area (Å²) in [6.07, 6.45) is 2.38. The third-order valence-corrected chi connectivity index (χ3v) is 6.19. The zero-order valence-corrected chi connectivity index (χ0v) is 20.0. The van der Waals surface area contributed by atoms with Gasteiger partial charge in [0, 0.05) is 56.8 Å². The summed E-state index contributed by atoms with van der Waals surface area (Å²) in [6, 6.07) is 9.65. The molecule has 0 spiro atoms. The zero-order valence-electron chi connectivity index (χ0n) is 20.0. The van der Waals surface area contributed by atoms with Gasteiger partial charge in [0.15, 0.2) is 0 Å². The van der Waals surface area contributed by atoms with E-state index in [1.165, 1.54) is 0 Å². The van der Waals surface area contributed by atoms with Crippen LogP contribution < -0.4 is 15.1 Å². The molecule has 1 N–H and O–H groups in total. The second kappa shape index (κ2) is 11.2. The second-order valence-electron chi connectivity index (χ2n) is 8.48. The van der Waals surface area contributed by atoms with E-state index in [4.69, 9.17) is 9.47 Å². The molecule has 2 aliphatic rings. The Morgan fingerprint density at radius 1 is 1.03 bits per heavy atom. The first-order valence-corrected chi connectivity index (χ1v) is 11.9. The molecule has 0 unspecified atom stereocenters. The average Bonchev–Trinajstić information content (AvgIpc) is 3.12. The smallest absolute Gasteiger partial charge is 0.339 e. The Bertz CT molecular complexity index is 991. The van der Waals surface area contributed by atoms with Crippen LogP contribution in [-0.2, 0) is 9.47 Å². The number of aromatic nitrogens is 1. The number of hydrogen-bond donors (Lipinski definition) is 1. The molecule has 34 heavy (non-hydrogen) atoms. The normalized spacial score (nSPS) is 16.7. The largest absolute Gasteiger partial charge is 0.462 e. The molecule has 2 saturated heterocycles. The Morgan fingerprint density at radius 3 is 2.56 bits per heavy atom. The van der Waals surface area contributed by atoms with E-state index in [-0.39, 0.29) is 12.0 Å². The van der Waals surface area contributed by atoms with E-state index in [0.717, 1.165) is 62.0 Å². The lowest BCUT2D eigenvalue weighted by Crippen LogP contribution is -2.38. The summed E-state index contributed by atoms with van der Waals surface area (Å²) in [5.41, 5.74) is 3.47. The summed E-state index contributed by atoms with van der Waals surface area (Å²) >= 11 is 0. The fourth-order valence-electron chi connectivity index (χ4n) is 4.26. The van der Waals surface area contributed by atoms with Gasteiger partial charge in [0.05, 0.1) is 25.4 Å². The first-order valence-electron chi connectivity index (χ1n) is 11.9. The van der Waals surface area contributed by atoms with E-state index in [9.17, 15) is 9.59 Å². The molecule has 2 fully saturated rings. The maximum atomic E-state index is 13.0. The highest BCUT2D eigenvalue weighted by Gasteiger charge is 2.21. The lowest BCUT2D eigenvalue weighted by Gasteiger charge is -2.29. The number of urea groups is 1. The van der Waals surface area contributed by atoms with Crippen LogP contribution in [0.2, 0.25) is 0 Å². The number of ether oxygens (including phenoxy) is 2. The van der Waals surface area contributed by atoms with Gasteiger partial charge in [-0.05, 0) is 56.2 Å². The number of morpholine rings is 1. The van der Waals surface area contributed by atoms with Crippen LogP contribution in [0.3, 0.4) is 0 Å². The minimum absolute atomic E-state index is 0.0882. The van der Waals surface area contributed by atoms with Crippen molar-refractivity contribution >= 4 is 29.2 Å². The summed E-state index contributed by atoms with van der Waals surface area (Å²) < 4.78 is 10.5. The predicted octanol–water partition coefficient (Wildman–Crippen LogP) is 3.15. The molecular formula is C25H33N5O4. The fourth-order valence-corrected chi connectivity index (χ4v) is 4.26. The number of carbonyl (C=O) groups is 2. The molecule has 0 saturated carbocycles. The first kappa shape index (κ1) is 23.8. The number of rotatable bonds is 5. The summed E-state index contributed by atoms with van der Waals surface area (Å²) in [4.78, 5) is 35.6. The second-order valence-corrected chi connectivity index (χ2v) is 8.48. The van der Waals surface area contributed by atoms with Gasteiger partial charge in [-0.25, -0.2) is 14.6 Å². The van der Waals surface area contributed by atoms with Crippen LogP contribution >= 0.6 is 0 Å². The molecule has 0 atom stereocenters. The standard InChI is InChI=1S/C25H33N5O4/c1-3-34-24(31)20-5-8-23(26-18-20)29-9-4-10-30(12-11-29)25(32)27-22-7-6-21(17-19(22)2)28-13-15-33-16-14-28/h5-8,17-18H,3-4,9-16H2,1-2H3,(H,27,32). The van der Waals surface area contributed by atoms with Crippen molar-refractivity contribution in [2.24, 2.45) is 0 Å². The van der Waals surface area contributed by atoms with E-state index in [1.54, 1.807) is 19.2 Å². The number of amides is 2. The van der Waals surface area contributed by atoms with Gasteiger partial charge in [0.1, 0.15) is 5.82 Å².